The molecule has 1 aromatic heterocycles. The zero-order valence-corrected chi connectivity index (χ0v) is 18.6. The second-order valence-electron chi connectivity index (χ2n) is 7.46. The van der Waals surface area contributed by atoms with Gasteiger partial charge in [-0.2, -0.15) is 5.10 Å². The quantitative estimate of drug-likeness (QED) is 0.311. The maximum absolute atomic E-state index is 12.1. The summed E-state index contributed by atoms with van der Waals surface area (Å²) in [7, 11) is 1.64. The van der Waals surface area contributed by atoms with Crippen LogP contribution in [-0.4, -0.2) is 30.4 Å². The second kappa shape index (κ2) is 10.3. The Bertz CT molecular complexity index is 1230. The predicted molar refractivity (Wildman–Crippen MR) is 130 cm³/mol. The van der Waals surface area contributed by atoms with Crippen LogP contribution >= 0.6 is 0 Å². The number of nitrogens with one attached hydrogen (secondary N) is 1. The molecule has 4 aromatic rings. The van der Waals surface area contributed by atoms with E-state index in [0.717, 1.165) is 33.8 Å². The molecule has 6 heteroatoms. The summed E-state index contributed by atoms with van der Waals surface area (Å²) in [5.41, 5.74) is 7.67. The number of methoxy groups -OCH3 is 1. The number of aryl methyl sites for hydroxylation is 1. The molecule has 0 radical (unpaired) electrons. The summed E-state index contributed by atoms with van der Waals surface area (Å²) in [4.78, 5) is 12.1. The Balaban J connectivity index is 1.28. The van der Waals surface area contributed by atoms with E-state index in [4.69, 9.17) is 9.47 Å². The Morgan fingerprint density at radius 3 is 2.30 bits per heavy atom. The van der Waals surface area contributed by atoms with Crippen LogP contribution in [-0.2, 0) is 4.79 Å². The van der Waals surface area contributed by atoms with Crippen molar-refractivity contribution < 1.29 is 14.3 Å². The molecule has 4 rings (SSSR count). The minimum atomic E-state index is -0.329. The van der Waals surface area contributed by atoms with Crippen LogP contribution in [0.5, 0.6) is 11.5 Å². The van der Waals surface area contributed by atoms with E-state index in [1.807, 2.05) is 103 Å². The third-order valence-electron chi connectivity index (χ3n) is 5.12. The fraction of sp³-hybridized carbons (Fsp3) is 0.111. The summed E-state index contributed by atoms with van der Waals surface area (Å²) >= 11 is 0. The van der Waals surface area contributed by atoms with Crippen molar-refractivity contribution in [3.05, 3.63) is 102 Å². The molecule has 1 heterocycles. The van der Waals surface area contributed by atoms with Gasteiger partial charge < -0.3 is 14.0 Å². The van der Waals surface area contributed by atoms with E-state index in [1.54, 1.807) is 13.3 Å². The standard InChI is InChI=1S/C27H25N3O3/c1-20-16-21(18-30(20)24-10-14-25(32-2)15-11-24)17-28-29-27(31)19-33-26-12-8-23(9-13-26)22-6-4-3-5-7-22/h3-18H,19H2,1-2H3,(H,29,31)/b28-17+. The van der Waals surface area contributed by atoms with Gasteiger partial charge in [0.25, 0.3) is 5.91 Å². The molecule has 33 heavy (non-hydrogen) atoms. The van der Waals surface area contributed by atoms with Crippen molar-refractivity contribution in [2.24, 2.45) is 5.10 Å². The number of hydrogen-bond donors (Lipinski definition) is 1. The lowest BCUT2D eigenvalue weighted by atomic mass is 10.1. The number of carbonyl (C=O) groups excluding carboxylic acids is 1. The zero-order chi connectivity index (χ0) is 23.0. The number of ether oxygens (including phenoxy) is 2. The predicted octanol–water partition coefficient (Wildman–Crippen LogP) is 4.99. The van der Waals surface area contributed by atoms with E-state index in [0.29, 0.717) is 5.75 Å². The Hall–Kier alpha value is -4.32. The van der Waals surface area contributed by atoms with Crippen LogP contribution in [0.25, 0.3) is 16.8 Å². The molecule has 1 N–H and O–H groups in total. The molecule has 0 saturated carbocycles. The average molecular weight is 440 g/mol. The number of hydrazone groups is 1. The SMILES string of the molecule is COc1ccc(-n2cc(/C=N/NC(=O)COc3ccc(-c4ccccc4)cc3)cc2C)cc1. The molecule has 0 spiro atoms. The summed E-state index contributed by atoms with van der Waals surface area (Å²) in [6, 6.07) is 27.5. The van der Waals surface area contributed by atoms with Crippen molar-refractivity contribution in [3.8, 4) is 28.3 Å². The van der Waals surface area contributed by atoms with Gasteiger partial charge in [-0.15, -0.1) is 0 Å². The van der Waals surface area contributed by atoms with Crippen LogP contribution < -0.4 is 14.9 Å². The van der Waals surface area contributed by atoms with Crippen molar-refractivity contribution >= 4 is 12.1 Å². The molecule has 0 unspecified atom stereocenters. The Kier molecular flexibility index (Phi) is 6.85. The van der Waals surface area contributed by atoms with E-state index >= 15 is 0 Å². The highest BCUT2D eigenvalue weighted by molar-refractivity contribution is 5.83. The van der Waals surface area contributed by atoms with Gasteiger partial charge in [0.15, 0.2) is 6.61 Å². The molecule has 1 amide bonds. The molecule has 0 atom stereocenters. The molecule has 0 aliphatic carbocycles. The zero-order valence-electron chi connectivity index (χ0n) is 18.6. The summed E-state index contributed by atoms with van der Waals surface area (Å²) in [5.74, 6) is 1.10. The van der Waals surface area contributed by atoms with Gasteiger partial charge >= 0.3 is 0 Å². The molecule has 166 valence electrons. The van der Waals surface area contributed by atoms with E-state index in [-0.39, 0.29) is 12.5 Å². The van der Waals surface area contributed by atoms with Crippen LogP contribution in [0.1, 0.15) is 11.3 Å². The number of aromatic nitrogens is 1. The van der Waals surface area contributed by atoms with E-state index in [1.165, 1.54) is 0 Å². The average Bonchev–Trinajstić information content (AvgIpc) is 3.24. The molecular weight excluding hydrogens is 414 g/mol. The van der Waals surface area contributed by atoms with Gasteiger partial charge in [-0.05, 0) is 60.5 Å². The minimum absolute atomic E-state index is 0.117. The third kappa shape index (κ3) is 5.68. The lowest BCUT2D eigenvalue weighted by molar-refractivity contribution is -0.123. The first-order valence-electron chi connectivity index (χ1n) is 10.6. The fourth-order valence-corrected chi connectivity index (χ4v) is 3.42. The summed E-state index contributed by atoms with van der Waals surface area (Å²) in [6.45, 7) is 1.89. The first-order chi connectivity index (χ1) is 16.1. The molecular formula is C27H25N3O3. The van der Waals surface area contributed by atoms with Crippen molar-refractivity contribution in [1.82, 2.24) is 9.99 Å². The highest BCUT2D eigenvalue weighted by Gasteiger charge is 2.05. The normalized spacial score (nSPS) is 10.8. The lowest BCUT2D eigenvalue weighted by Crippen LogP contribution is -2.24. The molecule has 0 bridgehead atoms. The van der Waals surface area contributed by atoms with Gasteiger partial charge in [-0.3, -0.25) is 4.79 Å². The molecule has 0 fully saturated rings. The van der Waals surface area contributed by atoms with Crippen LogP contribution in [0.15, 0.2) is 96.2 Å². The van der Waals surface area contributed by atoms with Crippen LogP contribution in [0.2, 0.25) is 0 Å². The number of hydrogen-bond acceptors (Lipinski definition) is 4. The Morgan fingerprint density at radius 2 is 1.61 bits per heavy atom. The topological polar surface area (TPSA) is 64.8 Å². The van der Waals surface area contributed by atoms with Crippen LogP contribution in [0.4, 0.5) is 0 Å². The molecule has 0 aliphatic heterocycles. The summed E-state index contributed by atoms with van der Waals surface area (Å²) in [5, 5.41) is 4.05. The smallest absolute Gasteiger partial charge is 0.277 e. The molecule has 6 nitrogen and oxygen atoms in total. The van der Waals surface area contributed by atoms with Gasteiger partial charge in [0.2, 0.25) is 0 Å². The van der Waals surface area contributed by atoms with Crippen molar-refractivity contribution in [2.75, 3.05) is 13.7 Å². The van der Waals surface area contributed by atoms with Crippen molar-refractivity contribution in [1.29, 1.82) is 0 Å². The minimum Gasteiger partial charge on any atom is -0.497 e. The monoisotopic (exact) mass is 439 g/mol. The van der Waals surface area contributed by atoms with E-state index in [2.05, 4.69) is 10.5 Å². The highest BCUT2D eigenvalue weighted by Crippen LogP contribution is 2.22. The van der Waals surface area contributed by atoms with Crippen LogP contribution in [0.3, 0.4) is 0 Å². The van der Waals surface area contributed by atoms with Gasteiger partial charge in [-0.1, -0.05) is 42.5 Å². The second-order valence-corrected chi connectivity index (χ2v) is 7.46. The number of amides is 1. The largest absolute Gasteiger partial charge is 0.497 e. The van der Waals surface area contributed by atoms with Gasteiger partial charge in [0, 0.05) is 23.1 Å². The Morgan fingerprint density at radius 1 is 0.939 bits per heavy atom. The van der Waals surface area contributed by atoms with Gasteiger partial charge in [0.05, 0.1) is 13.3 Å². The van der Waals surface area contributed by atoms with Gasteiger partial charge in [0.1, 0.15) is 11.5 Å². The maximum Gasteiger partial charge on any atom is 0.277 e. The number of nitrogens with zero attached hydrogens (tertiary/aromatic N) is 2. The fourth-order valence-electron chi connectivity index (χ4n) is 3.42. The van der Waals surface area contributed by atoms with Crippen LogP contribution in [0, 0.1) is 6.92 Å². The highest BCUT2D eigenvalue weighted by atomic mass is 16.5. The van der Waals surface area contributed by atoms with E-state index < -0.39 is 0 Å². The Labute approximate surface area is 193 Å². The maximum atomic E-state index is 12.1. The molecule has 0 aliphatic rings. The summed E-state index contributed by atoms with van der Waals surface area (Å²) in [6.07, 6.45) is 3.57. The lowest BCUT2D eigenvalue weighted by Gasteiger charge is -2.07. The number of rotatable bonds is 8. The van der Waals surface area contributed by atoms with Gasteiger partial charge in [-0.25, -0.2) is 5.43 Å². The molecule has 3 aromatic carbocycles. The third-order valence-corrected chi connectivity index (χ3v) is 5.12. The van der Waals surface area contributed by atoms with Crippen molar-refractivity contribution in [2.45, 2.75) is 6.92 Å². The molecule has 0 saturated heterocycles. The number of carbonyl (C=O) groups is 1. The van der Waals surface area contributed by atoms with Crippen molar-refractivity contribution in [3.63, 3.8) is 0 Å². The first-order valence-corrected chi connectivity index (χ1v) is 10.6. The number of benzene rings is 3. The summed E-state index contributed by atoms with van der Waals surface area (Å²) < 4.78 is 12.8. The first kappa shape index (κ1) is 21.9. The van der Waals surface area contributed by atoms with E-state index in [9.17, 15) is 4.79 Å².